The van der Waals surface area contributed by atoms with Gasteiger partial charge in [-0.3, -0.25) is 9.59 Å². The molecule has 196 valence electrons. The van der Waals surface area contributed by atoms with E-state index < -0.39 is 17.7 Å². The summed E-state index contributed by atoms with van der Waals surface area (Å²) in [7, 11) is 0. The van der Waals surface area contributed by atoms with Crippen molar-refractivity contribution >= 4 is 17.9 Å². The molecule has 1 aromatic rings. The second kappa shape index (κ2) is 13.5. The van der Waals surface area contributed by atoms with Crippen LogP contribution < -0.4 is 10.6 Å². The van der Waals surface area contributed by atoms with Gasteiger partial charge in [-0.25, -0.2) is 4.79 Å². The Bertz CT molecular complexity index is 836. The van der Waals surface area contributed by atoms with Crippen LogP contribution in [-0.4, -0.2) is 47.5 Å². The third-order valence-electron chi connectivity index (χ3n) is 6.18. The molecule has 0 radical (unpaired) electrons. The predicted molar refractivity (Wildman–Crippen MR) is 139 cm³/mol. The average Bonchev–Trinajstić information content (AvgIpc) is 2.75. The number of nitrogens with zero attached hydrogens (tertiary/aromatic N) is 1. The van der Waals surface area contributed by atoms with Gasteiger partial charge in [-0.1, -0.05) is 68.4 Å². The Balaban J connectivity index is 2.32. The first kappa shape index (κ1) is 28.7. The fourth-order valence-electron chi connectivity index (χ4n) is 4.66. The zero-order valence-corrected chi connectivity index (χ0v) is 22.5. The first-order valence-corrected chi connectivity index (χ1v) is 13.1. The summed E-state index contributed by atoms with van der Waals surface area (Å²) in [5, 5.41) is 5.81. The number of unbranched alkanes of at least 4 members (excludes halogenated alkanes) is 2. The Morgan fingerprint density at radius 2 is 1.66 bits per heavy atom. The highest BCUT2D eigenvalue weighted by Crippen LogP contribution is 2.26. The Morgan fingerprint density at radius 1 is 1.03 bits per heavy atom. The maximum absolute atomic E-state index is 13.7. The van der Waals surface area contributed by atoms with Crippen LogP contribution in [0.5, 0.6) is 0 Å². The molecule has 1 unspecified atom stereocenters. The smallest absolute Gasteiger partial charge is 0.408 e. The summed E-state index contributed by atoms with van der Waals surface area (Å²) in [4.78, 5) is 41.0. The molecule has 1 saturated carbocycles. The molecule has 7 nitrogen and oxygen atoms in total. The number of benzene rings is 1. The number of carbonyl (C=O) groups excluding carboxylic acids is 3. The minimum atomic E-state index is -0.750. The molecule has 2 N–H and O–H groups in total. The minimum absolute atomic E-state index is 0.136. The Labute approximate surface area is 211 Å². The van der Waals surface area contributed by atoms with Crippen LogP contribution in [0.4, 0.5) is 4.79 Å². The highest BCUT2D eigenvalue weighted by molar-refractivity contribution is 5.90. The van der Waals surface area contributed by atoms with E-state index in [2.05, 4.69) is 23.6 Å². The number of alkyl carbamates (subject to hydrolysis) is 1. The molecule has 0 spiro atoms. The third kappa shape index (κ3) is 9.90. The first-order chi connectivity index (χ1) is 16.5. The van der Waals surface area contributed by atoms with Gasteiger partial charge in [-0.15, -0.1) is 0 Å². The number of aryl methyl sites for hydroxylation is 2. The zero-order chi connectivity index (χ0) is 26.0. The predicted octanol–water partition coefficient (Wildman–Crippen LogP) is 5.34. The first-order valence-electron chi connectivity index (χ1n) is 13.1. The number of hydrogen-bond donors (Lipinski definition) is 2. The van der Waals surface area contributed by atoms with E-state index in [4.69, 9.17) is 4.74 Å². The molecule has 0 aliphatic heterocycles. The SMILES string of the molecule is CCCCCN(C(=O)CNC(=O)OC(C)(C)C)C(C(=O)NC1CCCCC1)c1cc(C)cc(C)c1. The molecule has 0 aromatic heterocycles. The molecular formula is C28H45N3O4. The van der Waals surface area contributed by atoms with Crippen LogP contribution in [0.1, 0.15) is 102 Å². The maximum atomic E-state index is 13.7. The monoisotopic (exact) mass is 487 g/mol. The Hall–Kier alpha value is -2.57. The molecule has 1 atom stereocenters. The molecule has 1 aliphatic rings. The maximum Gasteiger partial charge on any atom is 0.408 e. The number of rotatable bonds is 10. The summed E-state index contributed by atoms with van der Waals surface area (Å²) < 4.78 is 5.29. The Kier molecular flexibility index (Phi) is 11.1. The van der Waals surface area contributed by atoms with Crippen molar-refractivity contribution in [3.8, 4) is 0 Å². The van der Waals surface area contributed by atoms with E-state index in [9.17, 15) is 14.4 Å². The lowest BCUT2D eigenvalue weighted by atomic mass is 9.94. The lowest BCUT2D eigenvalue weighted by Crippen LogP contribution is -2.50. The van der Waals surface area contributed by atoms with Crippen molar-refractivity contribution in [1.82, 2.24) is 15.5 Å². The summed E-state index contributed by atoms with van der Waals surface area (Å²) in [6, 6.07) is 5.42. The second-order valence-electron chi connectivity index (χ2n) is 10.8. The molecule has 1 aliphatic carbocycles. The van der Waals surface area contributed by atoms with E-state index in [1.807, 2.05) is 26.0 Å². The van der Waals surface area contributed by atoms with Gasteiger partial charge in [0, 0.05) is 12.6 Å². The van der Waals surface area contributed by atoms with Crippen molar-refractivity contribution in [2.45, 2.75) is 111 Å². The van der Waals surface area contributed by atoms with E-state index in [0.29, 0.717) is 6.54 Å². The summed E-state index contributed by atoms with van der Waals surface area (Å²) in [6.07, 6.45) is 7.44. The van der Waals surface area contributed by atoms with Gasteiger partial charge >= 0.3 is 6.09 Å². The molecule has 0 saturated heterocycles. The van der Waals surface area contributed by atoms with E-state index >= 15 is 0 Å². The van der Waals surface area contributed by atoms with Gasteiger partial charge in [0.05, 0.1) is 0 Å². The van der Waals surface area contributed by atoms with E-state index in [-0.39, 0.29) is 24.4 Å². The van der Waals surface area contributed by atoms with Gasteiger partial charge in [0.2, 0.25) is 11.8 Å². The van der Waals surface area contributed by atoms with Crippen molar-refractivity contribution in [1.29, 1.82) is 0 Å². The number of ether oxygens (including phenoxy) is 1. The molecule has 3 amide bonds. The highest BCUT2D eigenvalue weighted by Gasteiger charge is 2.33. The van der Waals surface area contributed by atoms with Crippen molar-refractivity contribution in [2.24, 2.45) is 0 Å². The van der Waals surface area contributed by atoms with Crippen LogP contribution in [0.3, 0.4) is 0 Å². The van der Waals surface area contributed by atoms with Crippen molar-refractivity contribution < 1.29 is 19.1 Å². The van der Waals surface area contributed by atoms with Gasteiger partial charge < -0.3 is 20.3 Å². The van der Waals surface area contributed by atoms with Gasteiger partial charge in [0.1, 0.15) is 18.2 Å². The Morgan fingerprint density at radius 3 is 2.23 bits per heavy atom. The van der Waals surface area contributed by atoms with Crippen molar-refractivity contribution in [2.75, 3.05) is 13.1 Å². The molecule has 0 heterocycles. The van der Waals surface area contributed by atoms with Gasteiger partial charge in [0.25, 0.3) is 0 Å². The van der Waals surface area contributed by atoms with E-state index in [0.717, 1.165) is 61.6 Å². The van der Waals surface area contributed by atoms with Gasteiger partial charge in [0.15, 0.2) is 0 Å². The molecular weight excluding hydrogens is 442 g/mol. The van der Waals surface area contributed by atoms with E-state index in [1.54, 1.807) is 25.7 Å². The molecule has 1 fully saturated rings. The lowest BCUT2D eigenvalue weighted by Gasteiger charge is -2.34. The van der Waals surface area contributed by atoms with Crippen LogP contribution >= 0.6 is 0 Å². The highest BCUT2D eigenvalue weighted by atomic mass is 16.6. The molecule has 7 heteroatoms. The lowest BCUT2D eigenvalue weighted by molar-refractivity contribution is -0.140. The number of hydrogen-bond acceptors (Lipinski definition) is 4. The quantitative estimate of drug-likeness (QED) is 0.436. The average molecular weight is 488 g/mol. The van der Waals surface area contributed by atoms with Crippen LogP contribution in [0.25, 0.3) is 0 Å². The fourth-order valence-corrected chi connectivity index (χ4v) is 4.66. The number of amides is 3. The standard InChI is InChI=1S/C28H45N3O4/c1-7-8-12-15-31(24(32)19-29-27(34)35-28(4,5)6)25(22-17-20(2)16-21(3)18-22)26(33)30-23-13-10-9-11-14-23/h16-18,23,25H,7-15,19H2,1-6H3,(H,29,34)(H,30,33). The summed E-state index contributed by atoms with van der Waals surface area (Å²) in [6.45, 7) is 11.6. The van der Waals surface area contributed by atoms with Crippen LogP contribution in [0, 0.1) is 13.8 Å². The second-order valence-corrected chi connectivity index (χ2v) is 10.8. The minimum Gasteiger partial charge on any atom is -0.444 e. The zero-order valence-electron chi connectivity index (χ0n) is 22.5. The summed E-state index contributed by atoms with van der Waals surface area (Å²) in [5.41, 5.74) is 2.24. The molecule has 1 aromatic carbocycles. The van der Waals surface area contributed by atoms with Crippen molar-refractivity contribution in [3.63, 3.8) is 0 Å². The van der Waals surface area contributed by atoms with Gasteiger partial charge in [-0.05, 0) is 59.4 Å². The number of carbonyl (C=O) groups is 3. The number of nitrogens with one attached hydrogen (secondary N) is 2. The van der Waals surface area contributed by atoms with Crippen LogP contribution in [0.2, 0.25) is 0 Å². The van der Waals surface area contributed by atoms with Crippen molar-refractivity contribution in [3.05, 3.63) is 34.9 Å². The molecule has 2 rings (SSSR count). The largest absolute Gasteiger partial charge is 0.444 e. The van der Waals surface area contributed by atoms with Crippen LogP contribution in [-0.2, 0) is 14.3 Å². The van der Waals surface area contributed by atoms with E-state index in [1.165, 1.54) is 6.42 Å². The van der Waals surface area contributed by atoms with Crippen LogP contribution in [0.15, 0.2) is 18.2 Å². The third-order valence-corrected chi connectivity index (χ3v) is 6.18. The van der Waals surface area contributed by atoms with Gasteiger partial charge in [-0.2, -0.15) is 0 Å². The normalized spacial score (nSPS) is 15.3. The topological polar surface area (TPSA) is 87.7 Å². The summed E-state index contributed by atoms with van der Waals surface area (Å²) >= 11 is 0. The molecule has 0 bridgehead atoms. The summed E-state index contributed by atoms with van der Waals surface area (Å²) in [5.74, 6) is -0.445. The fraction of sp³-hybridized carbons (Fsp3) is 0.679. The molecule has 35 heavy (non-hydrogen) atoms.